The summed E-state index contributed by atoms with van der Waals surface area (Å²) >= 11 is 0. The van der Waals surface area contributed by atoms with Gasteiger partial charge in [0.2, 0.25) is 0 Å². The lowest BCUT2D eigenvalue weighted by Gasteiger charge is -2.11. The molecule has 0 saturated heterocycles. The maximum atomic E-state index is 4.75. The van der Waals surface area contributed by atoms with Gasteiger partial charge < -0.3 is 4.90 Å². The first-order valence-corrected chi connectivity index (χ1v) is 8.04. The third kappa shape index (κ3) is 2.44. The molecule has 24 heavy (non-hydrogen) atoms. The standard InChI is InChI=1S/C21H19N3/c1-23(2)17-13-11-16(12-14-17)15-22-24-20-9-5-3-7-18(20)19-8-4-6-10-21(19)24/h3-15H,1-2H3/b22-15-. The van der Waals surface area contributed by atoms with E-state index in [1.54, 1.807) is 0 Å². The number of aromatic nitrogens is 1. The van der Waals surface area contributed by atoms with Crippen LogP contribution in [-0.4, -0.2) is 25.0 Å². The van der Waals surface area contributed by atoms with Crippen LogP contribution in [0.25, 0.3) is 21.8 Å². The number of benzene rings is 3. The highest BCUT2D eigenvalue weighted by molar-refractivity contribution is 6.08. The molecule has 3 aromatic carbocycles. The van der Waals surface area contributed by atoms with Crippen molar-refractivity contribution >= 4 is 33.7 Å². The van der Waals surface area contributed by atoms with Gasteiger partial charge in [0.15, 0.2) is 0 Å². The second-order valence-electron chi connectivity index (χ2n) is 6.08. The van der Waals surface area contributed by atoms with Crippen LogP contribution < -0.4 is 4.90 Å². The molecule has 0 radical (unpaired) electrons. The van der Waals surface area contributed by atoms with Crippen molar-refractivity contribution in [3.63, 3.8) is 0 Å². The van der Waals surface area contributed by atoms with Crippen LogP contribution in [0.15, 0.2) is 77.9 Å². The fourth-order valence-electron chi connectivity index (χ4n) is 3.01. The molecule has 0 unspecified atom stereocenters. The van der Waals surface area contributed by atoms with Crippen LogP contribution in [0.5, 0.6) is 0 Å². The zero-order valence-corrected chi connectivity index (χ0v) is 13.8. The molecule has 0 spiro atoms. The molecular weight excluding hydrogens is 294 g/mol. The van der Waals surface area contributed by atoms with E-state index in [1.165, 1.54) is 16.5 Å². The van der Waals surface area contributed by atoms with Gasteiger partial charge in [0.1, 0.15) is 0 Å². The molecule has 4 aromatic rings. The fraction of sp³-hybridized carbons (Fsp3) is 0.0952. The topological polar surface area (TPSA) is 20.5 Å². The van der Waals surface area contributed by atoms with Crippen molar-refractivity contribution in [2.24, 2.45) is 5.10 Å². The Hall–Kier alpha value is -3.07. The number of fused-ring (bicyclic) bond motifs is 3. The Bertz CT molecular complexity index is 971. The maximum absolute atomic E-state index is 4.75. The summed E-state index contributed by atoms with van der Waals surface area (Å²) in [4.78, 5) is 2.09. The Balaban J connectivity index is 1.80. The Kier molecular flexibility index (Phi) is 3.54. The van der Waals surface area contributed by atoms with Crippen molar-refractivity contribution in [1.82, 2.24) is 4.68 Å². The first-order chi connectivity index (χ1) is 11.7. The van der Waals surface area contributed by atoms with E-state index < -0.39 is 0 Å². The molecular formula is C21H19N3. The number of rotatable bonds is 3. The number of hydrogen-bond acceptors (Lipinski definition) is 2. The van der Waals surface area contributed by atoms with Crippen LogP contribution in [0.2, 0.25) is 0 Å². The first-order valence-electron chi connectivity index (χ1n) is 8.04. The Morgan fingerprint density at radius 3 is 1.83 bits per heavy atom. The maximum Gasteiger partial charge on any atom is 0.0732 e. The van der Waals surface area contributed by atoms with Crippen molar-refractivity contribution in [3.05, 3.63) is 78.4 Å². The lowest BCUT2D eigenvalue weighted by molar-refractivity contribution is 0.975. The molecule has 118 valence electrons. The average molecular weight is 313 g/mol. The quantitative estimate of drug-likeness (QED) is 0.500. The summed E-state index contributed by atoms with van der Waals surface area (Å²) in [5.41, 5.74) is 4.52. The van der Waals surface area contributed by atoms with Crippen LogP contribution in [0.1, 0.15) is 5.56 Å². The largest absolute Gasteiger partial charge is 0.378 e. The van der Waals surface area contributed by atoms with Crippen molar-refractivity contribution in [2.45, 2.75) is 0 Å². The third-order valence-corrected chi connectivity index (χ3v) is 4.29. The van der Waals surface area contributed by atoms with E-state index in [2.05, 4.69) is 77.7 Å². The van der Waals surface area contributed by atoms with Crippen LogP contribution in [0, 0.1) is 0 Å². The fourth-order valence-corrected chi connectivity index (χ4v) is 3.01. The molecule has 4 rings (SSSR count). The summed E-state index contributed by atoms with van der Waals surface area (Å²) < 4.78 is 2.02. The zero-order valence-electron chi connectivity index (χ0n) is 13.8. The van der Waals surface area contributed by atoms with Gasteiger partial charge in [-0.25, -0.2) is 4.68 Å². The van der Waals surface area contributed by atoms with E-state index in [0.29, 0.717) is 0 Å². The van der Waals surface area contributed by atoms with Crippen LogP contribution in [0.4, 0.5) is 5.69 Å². The molecule has 3 nitrogen and oxygen atoms in total. The van der Waals surface area contributed by atoms with Crippen LogP contribution in [-0.2, 0) is 0 Å². The zero-order chi connectivity index (χ0) is 16.5. The molecule has 0 N–H and O–H groups in total. The molecule has 1 heterocycles. The van der Waals surface area contributed by atoms with Gasteiger partial charge in [-0.15, -0.1) is 0 Å². The van der Waals surface area contributed by atoms with Gasteiger partial charge in [-0.3, -0.25) is 0 Å². The number of nitrogens with zero attached hydrogens (tertiary/aromatic N) is 3. The number of anilines is 1. The van der Waals surface area contributed by atoms with Crippen LogP contribution >= 0.6 is 0 Å². The van der Waals surface area contributed by atoms with Gasteiger partial charge in [-0.05, 0) is 29.8 Å². The molecule has 0 aliphatic heterocycles. The Morgan fingerprint density at radius 2 is 1.29 bits per heavy atom. The SMILES string of the molecule is CN(C)c1ccc(/C=N\n2c3ccccc3c3ccccc32)cc1. The summed E-state index contributed by atoms with van der Waals surface area (Å²) in [6.07, 6.45) is 1.92. The van der Waals surface area contributed by atoms with Crippen LogP contribution in [0.3, 0.4) is 0 Å². The highest BCUT2D eigenvalue weighted by Crippen LogP contribution is 2.28. The van der Waals surface area contributed by atoms with Gasteiger partial charge >= 0.3 is 0 Å². The molecule has 1 aromatic heterocycles. The minimum atomic E-state index is 1.09. The second-order valence-corrected chi connectivity index (χ2v) is 6.08. The van der Waals surface area contributed by atoms with Crippen molar-refractivity contribution in [3.8, 4) is 0 Å². The summed E-state index contributed by atoms with van der Waals surface area (Å²) in [5, 5.41) is 7.21. The number of para-hydroxylation sites is 2. The van der Waals surface area contributed by atoms with Crippen molar-refractivity contribution < 1.29 is 0 Å². The second kappa shape index (κ2) is 5.85. The third-order valence-electron chi connectivity index (χ3n) is 4.29. The van der Waals surface area contributed by atoms with E-state index >= 15 is 0 Å². The summed E-state index contributed by atoms with van der Waals surface area (Å²) in [6.45, 7) is 0. The highest BCUT2D eigenvalue weighted by Gasteiger charge is 2.08. The lowest BCUT2D eigenvalue weighted by atomic mass is 10.2. The Labute approximate surface area is 141 Å². The van der Waals surface area contributed by atoms with E-state index in [4.69, 9.17) is 5.10 Å². The predicted molar refractivity (Wildman–Crippen MR) is 103 cm³/mol. The summed E-state index contributed by atoms with van der Waals surface area (Å²) in [6, 6.07) is 25.2. The van der Waals surface area contributed by atoms with Crippen molar-refractivity contribution in [2.75, 3.05) is 19.0 Å². The van der Waals surface area contributed by atoms with Gasteiger partial charge in [0.25, 0.3) is 0 Å². The molecule has 0 amide bonds. The van der Waals surface area contributed by atoms with E-state index in [9.17, 15) is 0 Å². The lowest BCUT2D eigenvalue weighted by Crippen LogP contribution is -2.08. The van der Waals surface area contributed by atoms with E-state index in [-0.39, 0.29) is 0 Å². The van der Waals surface area contributed by atoms with Gasteiger partial charge in [0, 0.05) is 30.6 Å². The van der Waals surface area contributed by atoms with Gasteiger partial charge in [-0.1, -0.05) is 48.5 Å². The molecule has 0 aliphatic carbocycles. The Morgan fingerprint density at radius 1 is 0.750 bits per heavy atom. The molecule has 0 saturated carbocycles. The summed E-state index contributed by atoms with van der Waals surface area (Å²) in [7, 11) is 4.09. The average Bonchev–Trinajstić information content (AvgIpc) is 2.94. The molecule has 0 bridgehead atoms. The van der Waals surface area contributed by atoms with E-state index in [1.807, 2.05) is 25.0 Å². The molecule has 0 atom stereocenters. The van der Waals surface area contributed by atoms with E-state index in [0.717, 1.165) is 16.6 Å². The smallest absolute Gasteiger partial charge is 0.0732 e. The minimum Gasteiger partial charge on any atom is -0.378 e. The molecule has 3 heteroatoms. The monoisotopic (exact) mass is 313 g/mol. The number of hydrogen-bond donors (Lipinski definition) is 0. The van der Waals surface area contributed by atoms with Crippen molar-refractivity contribution in [1.29, 1.82) is 0 Å². The van der Waals surface area contributed by atoms with Gasteiger partial charge in [0.05, 0.1) is 17.2 Å². The summed E-state index contributed by atoms with van der Waals surface area (Å²) in [5.74, 6) is 0. The van der Waals surface area contributed by atoms with Gasteiger partial charge in [-0.2, -0.15) is 5.10 Å². The molecule has 0 fully saturated rings. The predicted octanol–water partition coefficient (Wildman–Crippen LogP) is 4.74. The minimum absolute atomic E-state index is 1.09. The first kappa shape index (κ1) is 14.5. The molecule has 0 aliphatic rings. The normalized spacial score (nSPS) is 11.6. The highest BCUT2D eigenvalue weighted by atomic mass is 15.3.